The molecule has 1 N–H and O–H groups in total. The number of hydrogen-bond acceptors (Lipinski definition) is 6. The Hall–Kier alpha value is -2.45. The lowest BCUT2D eigenvalue weighted by Crippen LogP contribution is -2.36. The van der Waals surface area contributed by atoms with Crippen molar-refractivity contribution in [2.24, 2.45) is 0 Å². The van der Waals surface area contributed by atoms with E-state index >= 15 is 0 Å². The van der Waals surface area contributed by atoms with Gasteiger partial charge in [0.2, 0.25) is 0 Å². The van der Waals surface area contributed by atoms with Crippen LogP contribution in [0.1, 0.15) is 27.4 Å². The number of hydrogen-bond donors (Lipinski definition) is 1. The van der Waals surface area contributed by atoms with E-state index in [4.69, 9.17) is 16.3 Å². The zero-order valence-electron chi connectivity index (χ0n) is 13.1. The summed E-state index contributed by atoms with van der Waals surface area (Å²) in [4.78, 5) is 14.2. The fourth-order valence-corrected chi connectivity index (χ4v) is 3.39. The van der Waals surface area contributed by atoms with Gasteiger partial charge in [-0.05, 0) is 29.7 Å². The van der Waals surface area contributed by atoms with Gasteiger partial charge in [0, 0.05) is 41.2 Å². The summed E-state index contributed by atoms with van der Waals surface area (Å²) in [6.45, 7) is 1.42. The Kier molecular flexibility index (Phi) is 4.37. The van der Waals surface area contributed by atoms with Crippen LogP contribution in [0.2, 0.25) is 5.02 Å². The summed E-state index contributed by atoms with van der Waals surface area (Å²) in [6, 6.07) is 7.23. The Morgan fingerprint density at radius 3 is 3.16 bits per heavy atom. The van der Waals surface area contributed by atoms with E-state index in [0.29, 0.717) is 36.2 Å². The molecule has 0 atom stereocenters. The minimum atomic E-state index is -0.109. The summed E-state index contributed by atoms with van der Waals surface area (Å²) < 4.78 is 9.53. The third-order valence-corrected chi connectivity index (χ3v) is 4.80. The Morgan fingerprint density at radius 2 is 2.36 bits per heavy atom. The van der Waals surface area contributed by atoms with E-state index in [1.807, 2.05) is 12.1 Å². The molecule has 1 aromatic carbocycles. The number of carbonyl (C=O) groups excluding carboxylic acids is 1. The standard InChI is InChI=1S/C16H14ClN5O2S/c17-10-2-1-3-11(6-10)24-8-14-12-7-22(5-4-13(12)18-19-14)16(23)15-9-25-21-20-15/h1-3,6,9H,4-5,7-8H2,(H,18,19). The van der Waals surface area contributed by atoms with Crippen LogP contribution in [0.3, 0.4) is 0 Å². The lowest BCUT2D eigenvalue weighted by atomic mass is 10.1. The van der Waals surface area contributed by atoms with Gasteiger partial charge in [0.25, 0.3) is 5.91 Å². The number of rotatable bonds is 4. The zero-order chi connectivity index (χ0) is 17.2. The van der Waals surface area contributed by atoms with Crippen LogP contribution in [-0.2, 0) is 19.6 Å². The number of ether oxygens (including phenoxy) is 1. The van der Waals surface area contributed by atoms with Crippen LogP contribution in [0.5, 0.6) is 5.75 Å². The number of aromatic amines is 1. The van der Waals surface area contributed by atoms with Crippen molar-refractivity contribution in [2.45, 2.75) is 19.6 Å². The molecule has 0 bridgehead atoms. The quantitative estimate of drug-likeness (QED) is 0.757. The summed E-state index contributed by atoms with van der Waals surface area (Å²) in [5, 5.41) is 13.5. The Labute approximate surface area is 152 Å². The maximum atomic E-state index is 12.5. The first-order valence-electron chi connectivity index (χ1n) is 7.70. The first-order valence-corrected chi connectivity index (χ1v) is 8.92. The van der Waals surface area contributed by atoms with Crippen LogP contribution in [0.4, 0.5) is 0 Å². The number of benzene rings is 1. The second-order valence-electron chi connectivity index (χ2n) is 5.64. The van der Waals surface area contributed by atoms with E-state index in [1.54, 1.807) is 22.4 Å². The van der Waals surface area contributed by atoms with Crippen molar-refractivity contribution < 1.29 is 9.53 Å². The highest BCUT2D eigenvalue weighted by Gasteiger charge is 2.27. The molecule has 4 rings (SSSR count). The minimum Gasteiger partial charge on any atom is -0.487 e. The van der Waals surface area contributed by atoms with Gasteiger partial charge >= 0.3 is 0 Å². The molecule has 9 heteroatoms. The molecule has 7 nitrogen and oxygen atoms in total. The number of carbonyl (C=O) groups is 1. The topological polar surface area (TPSA) is 84.0 Å². The Bertz CT molecular complexity index is 896. The van der Waals surface area contributed by atoms with E-state index in [9.17, 15) is 4.79 Å². The molecule has 0 radical (unpaired) electrons. The van der Waals surface area contributed by atoms with Crippen molar-refractivity contribution in [3.63, 3.8) is 0 Å². The molecule has 1 aliphatic heterocycles. The third-order valence-electron chi connectivity index (χ3n) is 4.06. The summed E-state index contributed by atoms with van der Waals surface area (Å²) in [5.74, 6) is 0.573. The normalized spacial score (nSPS) is 13.6. The van der Waals surface area contributed by atoms with Gasteiger partial charge in [0.1, 0.15) is 18.1 Å². The van der Waals surface area contributed by atoms with Gasteiger partial charge in [-0.25, -0.2) is 0 Å². The SMILES string of the molecule is O=C(c1csnn1)N1CCc2[nH]nc(COc3cccc(Cl)c3)c2C1. The van der Waals surface area contributed by atoms with E-state index in [1.165, 1.54) is 11.5 Å². The van der Waals surface area contributed by atoms with E-state index in [0.717, 1.165) is 23.4 Å². The largest absolute Gasteiger partial charge is 0.487 e. The van der Waals surface area contributed by atoms with Crippen LogP contribution < -0.4 is 4.74 Å². The number of aromatic nitrogens is 4. The van der Waals surface area contributed by atoms with Gasteiger partial charge in [-0.15, -0.1) is 5.10 Å². The predicted octanol–water partition coefficient (Wildman–Crippen LogP) is 2.69. The fourth-order valence-electron chi connectivity index (χ4n) is 2.78. The minimum absolute atomic E-state index is 0.109. The van der Waals surface area contributed by atoms with E-state index in [-0.39, 0.29) is 5.91 Å². The predicted molar refractivity (Wildman–Crippen MR) is 92.7 cm³/mol. The summed E-state index contributed by atoms with van der Waals surface area (Å²) in [6.07, 6.45) is 0.725. The molecular weight excluding hydrogens is 362 g/mol. The van der Waals surface area contributed by atoms with Gasteiger partial charge in [0.15, 0.2) is 5.69 Å². The maximum absolute atomic E-state index is 12.5. The smallest absolute Gasteiger partial charge is 0.275 e. The Balaban J connectivity index is 1.48. The first kappa shape index (κ1) is 16.0. The Morgan fingerprint density at radius 1 is 1.44 bits per heavy atom. The van der Waals surface area contributed by atoms with Crippen LogP contribution in [0, 0.1) is 0 Å². The van der Waals surface area contributed by atoms with Crippen LogP contribution in [-0.4, -0.2) is 37.1 Å². The van der Waals surface area contributed by atoms with Crippen molar-refractivity contribution in [1.82, 2.24) is 24.7 Å². The molecule has 128 valence electrons. The van der Waals surface area contributed by atoms with Crippen molar-refractivity contribution in [1.29, 1.82) is 0 Å². The monoisotopic (exact) mass is 375 g/mol. The van der Waals surface area contributed by atoms with Crippen LogP contribution in [0.15, 0.2) is 29.6 Å². The maximum Gasteiger partial charge on any atom is 0.275 e. The second kappa shape index (κ2) is 6.81. The molecule has 1 amide bonds. The van der Waals surface area contributed by atoms with Crippen LogP contribution in [0.25, 0.3) is 0 Å². The van der Waals surface area contributed by atoms with Crippen molar-refractivity contribution >= 4 is 29.0 Å². The zero-order valence-corrected chi connectivity index (χ0v) is 14.7. The highest BCUT2D eigenvalue weighted by molar-refractivity contribution is 7.03. The number of amides is 1. The van der Waals surface area contributed by atoms with Gasteiger partial charge in [-0.1, -0.05) is 22.2 Å². The molecule has 2 aromatic heterocycles. The lowest BCUT2D eigenvalue weighted by Gasteiger charge is -2.26. The highest BCUT2D eigenvalue weighted by atomic mass is 35.5. The van der Waals surface area contributed by atoms with E-state index in [2.05, 4.69) is 19.8 Å². The molecule has 0 aliphatic carbocycles. The molecule has 25 heavy (non-hydrogen) atoms. The number of nitrogens with zero attached hydrogens (tertiary/aromatic N) is 4. The summed E-state index contributed by atoms with van der Waals surface area (Å²) in [7, 11) is 0. The molecule has 1 aliphatic rings. The van der Waals surface area contributed by atoms with Gasteiger partial charge < -0.3 is 9.64 Å². The number of nitrogens with one attached hydrogen (secondary N) is 1. The van der Waals surface area contributed by atoms with Crippen molar-refractivity contribution in [2.75, 3.05) is 6.54 Å². The number of H-pyrrole nitrogens is 1. The van der Waals surface area contributed by atoms with Crippen LogP contribution >= 0.6 is 23.1 Å². The molecule has 0 fully saturated rings. The average Bonchev–Trinajstić information content (AvgIpc) is 3.29. The summed E-state index contributed by atoms with van der Waals surface area (Å²) in [5.41, 5.74) is 3.23. The van der Waals surface area contributed by atoms with Gasteiger partial charge in [0.05, 0.1) is 0 Å². The number of halogens is 1. The molecule has 0 spiro atoms. The van der Waals surface area contributed by atoms with Crippen molar-refractivity contribution in [3.05, 3.63) is 57.3 Å². The van der Waals surface area contributed by atoms with Gasteiger partial charge in [-0.2, -0.15) is 5.10 Å². The first-order chi connectivity index (χ1) is 12.2. The molecular formula is C16H14ClN5O2S. The molecule has 3 aromatic rings. The molecule has 0 saturated carbocycles. The average molecular weight is 376 g/mol. The number of fused-ring (bicyclic) bond motifs is 1. The van der Waals surface area contributed by atoms with Crippen molar-refractivity contribution in [3.8, 4) is 5.75 Å². The third kappa shape index (κ3) is 3.35. The highest BCUT2D eigenvalue weighted by Crippen LogP contribution is 2.24. The molecule has 0 saturated heterocycles. The van der Waals surface area contributed by atoms with Gasteiger partial charge in [-0.3, -0.25) is 9.89 Å². The van der Waals surface area contributed by atoms with E-state index < -0.39 is 0 Å². The molecule has 3 heterocycles. The second-order valence-corrected chi connectivity index (χ2v) is 6.69. The lowest BCUT2D eigenvalue weighted by molar-refractivity contribution is 0.0727. The summed E-state index contributed by atoms with van der Waals surface area (Å²) >= 11 is 7.14. The molecule has 0 unspecified atom stereocenters. The fraction of sp³-hybridized carbons (Fsp3) is 0.250.